The first-order valence-corrected chi connectivity index (χ1v) is 3.12. The highest BCUT2D eigenvalue weighted by atomic mass is 16.3. The summed E-state index contributed by atoms with van der Waals surface area (Å²) in [6, 6.07) is 0. The van der Waals surface area contributed by atoms with Crippen molar-refractivity contribution in [2.24, 2.45) is 5.92 Å². The van der Waals surface area contributed by atoms with Crippen molar-refractivity contribution in [3.05, 3.63) is 0 Å². The zero-order valence-corrected chi connectivity index (χ0v) is 5.30. The van der Waals surface area contributed by atoms with E-state index in [1.54, 1.807) is 0 Å². The molecule has 0 aromatic rings. The van der Waals surface area contributed by atoms with Crippen LogP contribution in [0.2, 0.25) is 0 Å². The number of hydrogen-bond donors (Lipinski definition) is 1. The van der Waals surface area contributed by atoms with Gasteiger partial charge in [-0.2, -0.15) is 0 Å². The molecule has 2 nitrogen and oxygen atoms in total. The van der Waals surface area contributed by atoms with Gasteiger partial charge in [0, 0.05) is 13.2 Å². The molecule has 0 saturated carbocycles. The molecule has 1 N–H and O–H groups in total. The summed E-state index contributed by atoms with van der Waals surface area (Å²) in [5.74, 6) is 0.556. The highest BCUT2D eigenvalue weighted by Gasteiger charge is 2.17. The fourth-order valence-corrected chi connectivity index (χ4v) is 1.18. The second-order valence-electron chi connectivity index (χ2n) is 2.60. The zero-order valence-electron chi connectivity index (χ0n) is 5.30. The Hall–Kier alpha value is -0.0800. The van der Waals surface area contributed by atoms with Gasteiger partial charge in [-0.1, -0.05) is 0 Å². The van der Waals surface area contributed by atoms with Crippen molar-refractivity contribution in [2.75, 3.05) is 26.7 Å². The number of aliphatic hydroxyl groups is 1. The van der Waals surface area contributed by atoms with Crippen LogP contribution in [0.5, 0.6) is 0 Å². The Morgan fingerprint density at radius 3 is 2.75 bits per heavy atom. The lowest BCUT2D eigenvalue weighted by atomic mass is 10.1. The third-order valence-corrected chi connectivity index (χ3v) is 1.75. The Balaban J connectivity index is 2.22. The summed E-state index contributed by atoms with van der Waals surface area (Å²) < 4.78 is 0. The Bertz CT molecular complexity index is 74.9. The normalized spacial score (nSPS) is 31.5. The van der Waals surface area contributed by atoms with Crippen molar-refractivity contribution in [3.8, 4) is 0 Å². The lowest BCUT2D eigenvalue weighted by Gasteiger charge is -2.05. The van der Waals surface area contributed by atoms with Crippen LogP contribution < -0.4 is 0 Å². The van der Waals surface area contributed by atoms with E-state index in [1.807, 2.05) is 0 Å². The molecule has 0 bridgehead atoms. The molecule has 48 valence electrons. The molecule has 0 amide bonds. The Kier molecular flexibility index (Phi) is 1.86. The first-order valence-electron chi connectivity index (χ1n) is 3.12. The van der Waals surface area contributed by atoms with Crippen molar-refractivity contribution in [2.45, 2.75) is 6.42 Å². The van der Waals surface area contributed by atoms with Crippen LogP contribution in [-0.4, -0.2) is 36.8 Å². The molecule has 0 aliphatic carbocycles. The van der Waals surface area contributed by atoms with Crippen LogP contribution >= 0.6 is 0 Å². The van der Waals surface area contributed by atoms with E-state index in [0.29, 0.717) is 12.5 Å². The molecule has 0 radical (unpaired) electrons. The van der Waals surface area contributed by atoms with Crippen molar-refractivity contribution < 1.29 is 5.11 Å². The lowest BCUT2D eigenvalue weighted by molar-refractivity contribution is 0.228. The SMILES string of the molecule is CN1CC[C@@H](CO)C1. The minimum Gasteiger partial charge on any atom is -0.396 e. The van der Waals surface area contributed by atoms with Gasteiger partial charge in [0.25, 0.3) is 0 Å². The average molecular weight is 115 g/mol. The monoisotopic (exact) mass is 115 g/mol. The molecule has 1 rings (SSSR count). The first kappa shape index (κ1) is 6.05. The van der Waals surface area contributed by atoms with Crippen LogP contribution in [-0.2, 0) is 0 Å². The van der Waals surface area contributed by atoms with Crippen LogP contribution in [0, 0.1) is 5.92 Å². The van der Waals surface area contributed by atoms with E-state index in [-0.39, 0.29) is 0 Å². The standard InChI is InChI=1S/C6H13NO/c1-7-3-2-6(4-7)5-8/h6,8H,2-5H2,1H3/t6-/m1/s1. The number of aliphatic hydroxyl groups excluding tert-OH is 1. The zero-order chi connectivity index (χ0) is 5.98. The highest BCUT2D eigenvalue weighted by Crippen LogP contribution is 2.12. The van der Waals surface area contributed by atoms with Gasteiger partial charge in [0.2, 0.25) is 0 Å². The molecular formula is C6H13NO. The average Bonchev–Trinajstić information content (AvgIpc) is 2.14. The quantitative estimate of drug-likeness (QED) is 0.517. The maximum atomic E-state index is 8.66. The van der Waals surface area contributed by atoms with Gasteiger partial charge in [-0.3, -0.25) is 0 Å². The molecular weight excluding hydrogens is 102 g/mol. The van der Waals surface area contributed by atoms with Gasteiger partial charge in [0.05, 0.1) is 0 Å². The van der Waals surface area contributed by atoms with Crippen molar-refractivity contribution in [1.82, 2.24) is 4.90 Å². The Morgan fingerprint density at radius 2 is 2.50 bits per heavy atom. The largest absolute Gasteiger partial charge is 0.396 e. The van der Waals surface area contributed by atoms with Gasteiger partial charge in [-0.05, 0) is 25.9 Å². The molecule has 0 aromatic heterocycles. The van der Waals surface area contributed by atoms with E-state index in [2.05, 4.69) is 11.9 Å². The van der Waals surface area contributed by atoms with E-state index in [0.717, 1.165) is 13.1 Å². The second-order valence-corrected chi connectivity index (χ2v) is 2.60. The Morgan fingerprint density at radius 1 is 1.75 bits per heavy atom. The van der Waals surface area contributed by atoms with E-state index in [4.69, 9.17) is 5.11 Å². The second kappa shape index (κ2) is 2.46. The van der Waals surface area contributed by atoms with Gasteiger partial charge in [0.1, 0.15) is 0 Å². The van der Waals surface area contributed by atoms with Crippen LogP contribution in [0.25, 0.3) is 0 Å². The van der Waals surface area contributed by atoms with Gasteiger partial charge < -0.3 is 10.0 Å². The van der Waals surface area contributed by atoms with Gasteiger partial charge in [-0.15, -0.1) is 0 Å². The fraction of sp³-hybridized carbons (Fsp3) is 1.00. The number of rotatable bonds is 1. The maximum absolute atomic E-state index is 8.66. The fourth-order valence-electron chi connectivity index (χ4n) is 1.18. The van der Waals surface area contributed by atoms with Crippen molar-refractivity contribution in [3.63, 3.8) is 0 Å². The third-order valence-electron chi connectivity index (χ3n) is 1.75. The van der Waals surface area contributed by atoms with E-state index < -0.39 is 0 Å². The van der Waals surface area contributed by atoms with Crippen LogP contribution in [0.15, 0.2) is 0 Å². The molecule has 2 heteroatoms. The van der Waals surface area contributed by atoms with Crippen LogP contribution in [0.4, 0.5) is 0 Å². The molecule has 0 aromatic carbocycles. The van der Waals surface area contributed by atoms with E-state index >= 15 is 0 Å². The number of likely N-dealkylation sites (tertiary alicyclic amines) is 1. The van der Waals surface area contributed by atoms with Gasteiger partial charge >= 0.3 is 0 Å². The molecule has 1 saturated heterocycles. The molecule has 8 heavy (non-hydrogen) atoms. The summed E-state index contributed by atoms with van der Waals surface area (Å²) in [6.45, 7) is 2.60. The lowest BCUT2D eigenvalue weighted by Crippen LogP contribution is -2.15. The minimum absolute atomic E-state index is 0.365. The smallest absolute Gasteiger partial charge is 0.0471 e. The van der Waals surface area contributed by atoms with Crippen LogP contribution in [0.1, 0.15) is 6.42 Å². The van der Waals surface area contributed by atoms with E-state index in [1.165, 1.54) is 6.42 Å². The summed E-state index contributed by atoms with van der Waals surface area (Å²) in [5.41, 5.74) is 0. The summed E-state index contributed by atoms with van der Waals surface area (Å²) in [5, 5.41) is 8.66. The molecule has 0 spiro atoms. The molecule has 1 aliphatic rings. The van der Waals surface area contributed by atoms with Gasteiger partial charge in [0.15, 0.2) is 0 Å². The summed E-state index contributed by atoms with van der Waals surface area (Å²) >= 11 is 0. The maximum Gasteiger partial charge on any atom is 0.0471 e. The van der Waals surface area contributed by atoms with Crippen molar-refractivity contribution in [1.29, 1.82) is 0 Å². The summed E-state index contributed by atoms with van der Waals surface area (Å²) in [4.78, 5) is 2.25. The Labute approximate surface area is 50.1 Å². The highest BCUT2D eigenvalue weighted by molar-refractivity contribution is 4.71. The molecule has 1 fully saturated rings. The molecule has 1 aliphatic heterocycles. The van der Waals surface area contributed by atoms with Crippen LogP contribution in [0.3, 0.4) is 0 Å². The molecule has 0 unspecified atom stereocenters. The molecule has 1 atom stereocenters. The van der Waals surface area contributed by atoms with Gasteiger partial charge in [-0.25, -0.2) is 0 Å². The molecule has 1 heterocycles. The summed E-state index contributed by atoms with van der Waals surface area (Å²) in [7, 11) is 2.09. The van der Waals surface area contributed by atoms with E-state index in [9.17, 15) is 0 Å². The summed E-state index contributed by atoms with van der Waals surface area (Å²) in [6.07, 6.45) is 1.17. The topological polar surface area (TPSA) is 23.5 Å². The number of nitrogens with zero attached hydrogens (tertiary/aromatic N) is 1. The first-order chi connectivity index (χ1) is 3.83. The van der Waals surface area contributed by atoms with Crippen molar-refractivity contribution >= 4 is 0 Å². The number of hydrogen-bond acceptors (Lipinski definition) is 2. The third kappa shape index (κ3) is 1.20. The minimum atomic E-state index is 0.365. The predicted molar refractivity (Wildman–Crippen MR) is 32.7 cm³/mol. The predicted octanol–water partition coefficient (Wildman–Crippen LogP) is -0.0696.